The quantitative estimate of drug-likeness (QED) is 0.788. The molecule has 1 unspecified atom stereocenters. The molecule has 1 aliphatic carbocycles. The fourth-order valence-electron chi connectivity index (χ4n) is 3.80. The van der Waals surface area contributed by atoms with Gasteiger partial charge >= 0.3 is 6.18 Å². The van der Waals surface area contributed by atoms with Crippen LogP contribution in [-0.2, 0) is 4.79 Å². The van der Waals surface area contributed by atoms with Crippen LogP contribution >= 0.6 is 0 Å². The molecular weight excluding hydrogens is 312 g/mol. The predicted octanol–water partition coefficient (Wildman–Crippen LogP) is 3.32. The molecule has 0 bridgehead atoms. The molecule has 0 radical (unpaired) electrons. The van der Waals surface area contributed by atoms with Gasteiger partial charge in [-0.05, 0) is 49.7 Å². The van der Waals surface area contributed by atoms with E-state index in [1.54, 1.807) is 19.9 Å². The van der Waals surface area contributed by atoms with E-state index in [0.29, 0.717) is 12.0 Å². The Kier molecular flexibility index (Phi) is 4.63. The molecule has 1 fully saturated rings. The van der Waals surface area contributed by atoms with E-state index >= 15 is 0 Å². The Balaban J connectivity index is 2.36. The fraction of sp³-hybridized carbons (Fsp3) is 0.688. The SMILES string of the molecule is CC1=C(F)C=CCC1(C)[C@@H]1C[C@H](N)C(=O)N(CC(F)(F)F)[C@@H]1C. The molecule has 4 atom stereocenters. The van der Waals surface area contributed by atoms with Gasteiger partial charge < -0.3 is 10.6 Å². The summed E-state index contributed by atoms with van der Waals surface area (Å²) in [7, 11) is 0. The van der Waals surface area contributed by atoms with Gasteiger partial charge in [-0.25, -0.2) is 4.39 Å². The maximum atomic E-state index is 14.0. The lowest BCUT2D eigenvalue weighted by atomic mass is 9.62. The molecule has 2 aliphatic rings. The first-order chi connectivity index (χ1) is 10.5. The second-order valence-electron chi connectivity index (χ2n) is 6.77. The largest absolute Gasteiger partial charge is 0.406 e. The molecule has 0 spiro atoms. The number of piperidine rings is 1. The number of nitrogens with two attached hydrogens (primary N) is 1. The molecule has 2 N–H and O–H groups in total. The first-order valence-electron chi connectivity index (χ1n) is 7.63. The highest BCUT2D eigenvalue weighted by molar-refractivity contribution is 5.83. The van der Waals surface area contributed by atoms with Crippen LogP contribution in [0.15, 0.2) is 23.6 Å². The minimum atomic E-state index is -4.49. The normalized spacial score (nSPS) is 35.9. The lowest BCUT2D eigenvalue weighted by Crippen LogP contribution is -2.61. The summed E-state index contributed by atoms with van der Waals surface area (Å²) in [4.78, 5) is 12.9. The molecule has 0 aromatic carbocycles. The van der Waals surface area contributed by atoms with Gasteiger partial charge in [0.2, 0.25) is 5.91 Å². The number of alkyl halides is 3. The zero-order chi connectivity index (χ0) is 17.6. The average molecular weight is 334 g/mol. The molecule has 0 saturated carbocycles. The Morgan fingerprint density at radius 2 is 2.04 bits per heavy atom. The van der Waals surface area contributed by atoms with Gasteiger partial charge in [0, 0.05) is 6.04 Å². The number of halogens is 4. The molecule has 7 heteroatoms. The number of hydrogen-bond donors (Lipinski definition) is 1. The van der Waals surface area contributed by atoms with Gasteiger partial charge in [0.25, 0.3) is 0 Å². The molecule has 0 aromatic rings. The van der Waals surface area contributed by atoms with Gasteiger partial charge in [0.05, 0.1) is 6.04 Å². The number of carbonyl (C=O) groups is 1. The first kappa shape index (κ1) is 18.0. The first-order valence-corrected chi connectivity index (χ1v) is 7.63. The van der Waals surface area contributed by atoms with Crippen LogP contribution in [0.3, 0.4) is 0 Å². The van der Waals surface area contributed by atoms with E-state index < -0.39 is 36.1 Å². The monoisotopic (exact) mass is 334 g/mol. The van der Waals surface area contributed by atoms with Crippen molar-refractivity contribution in [3.63, 3.8) is 0 Å². The minimum Gasteiger partial charge on any atom is -0.329 e. The summed E-state index contributed by atoms with van der Waals surface area (Å²) in [6.07, 6.45) is -0.658. The predicted molar refractivity (Wildman–Crippen MR) is 79.0 cm³/mol. The van der Waals surface area contributed by atoms with Crippen molar-refractivity contribution in [2.24, 2.45) is 17.1 Å². The summed E-state index contributed by atoms with van der Waals surface area (Å²) in [5, 5.41) is 0. The van der Waals surface area contributed by atoms with Gasteiger partial charge in [-0.1, -0.05) is 13.0 Å². The van der Waals surface area contributed by atoms with Crippen molar-refractivity contribution < 1.29 is 22.4 Å². The van der Waals surface area contributed by atoms with Gasteiger partial charge in [0.15, 0.2) is 0 Å². The van der Waals surface area contributed by atoms with Gasteiger partial charge in [0.1, 0.15) is 12.4 Å². The number of carbonyl (C=O) groups excluding carboxylic acids is 1. The van der Waals surface area contributed by atoms with E-state index in [4.69, 9.17) is 5.73 Å². The highest BCUT2D eigenvalue weighted by Gasteiger charge is 2.50. The second kappa shape index (κ2) is 5.92. The smallest absolute Gasteiger partial charge is 0.329 e. The van der Waals surface area contributed by atoms with Crippen LogP contribution in [0.1, 0.15) is 33.6 Å². The van der Waals surface area contributed by atoms with Crippen molar-refractivity contribution in [1.29, 1.82) is 0 Å². The van der Waals surface area contributed by atoms with Crippen LogP contribution in [0.5, 0.6) is 0 Å². The third-order valence-corrected chi connectivity index (χ3v) is 5.37. The molecule has 2 rings (SSSR count). The summed E-state index contributed by atoms with van der Waals surface area (Å²) in [5.41, 5.74) is 5.65. The van der Waals surface area contributed by atoms with E-state index in [-0.39, 0.29) is 18.2 Å². The van der Waals surface area contributed by atoms with Crippen LogP contribution in [0.25, 0.3) is 0 Å². The molecule has 23 heavy (non-hydrogen) atoms. The zero-order valence-electron chi connectivity index (χ0n) is 13.5. The summed E-state index contributed by atoms with van der Waals surface area (Å²) in [5.74, 6) is -1.39. The fourth-order valence-corrected chi connectivity index (χ4v) is 3.80. The zero-order valence-corrected chi connectivity index (χ0v) is 13.5. The molecule has 3 nitrogen and oxygen atoms in total. The van der Waals surface area contributed by atoms with E-state index in [9.17, 15) is 22.4 Å². The molecule has 1 heterocycles. The van der Waals surface area contributed by atoms with E-state index in [0.717, 1.165) is 4.90 Å². The van der Waals surface area contributed by atoms with Crippen LogP contribution in [0.2, 0.25) is 0 Å². The number of amides is 1. The lowest BCUT2D eigenvalue weighted by Gasteiger charge is -2.50. The third-order valence-electron chi connectivity index (χ3n) is 5.37. The number of rotatable bonds is 2. The Bertz CT molecular complexity index is 555. The van der Waals surface area contributed by atoms with Crippen molar-refractivity contribution in [3.8, 4) is 0 Å². The van der Waals surface area contributed by atoms with E-state index in [1.165, 1.54) is 6.08 Å². The topological polar surface area (TPSA) is 46.3 Å². The molecular formula is C16H22F4N2O. The number of likely N-dealkylation sites (tertiary alicyclic amines) is 1. The van der Waals surface area contributed by atoms with E-state index in [2.05, 4.69) is 0 Å². The number of nitrogens with zero attached hydrogens (tertiary/aromatic N) is 1. The van der Waals surface area contributed by atoms with Crippen LogP contribution in [-0.4, -0.2) is 35.6 Å². The van der Waals surface area contributed by atoms with Crippen molar-refractivity contribution in [3.05, 3.63) is 23.6 Å². The Labute approximate surface area is 133 Å². The van der Waals surface area contributed by atoms with Crippen LogP contribution in [0.4, 0.5) is 17.6 Å². The standard InChI is InChI=1S/C16H22F4N2O/c1-9-12(17)5-4-6-15(9,3)11-7-13(21)14(23)22(10(11)2)8-16(18,19)20/h4-5,10-11,13H,6-8,21H2,1-3H3/t10-,11-,13+,15?/m1/s1. The maximum absolute atomic E-state index is 14.0. The van der Waals surface area contributed by atoms with Gasteiger partial charge in [-0.3, -0.25) is 4.79 Å². The van der Waals surface area contributed by atoms with Gasteiger partial charge in [-0.15, -0.1) is 0 Å². The number of allylic oxidation sites excluding steroid dienone is 4. The van der Waals surface area contributed by atoms with Crippen molar-refractivity contribution >= 4 is 5.91 Å². The summed E-state index contributed by atoms with van der Waals surface area (Å²) < 4.78 is 52.4. The third kappa shape index (κ3) is 3.29. The van der Waals surface area contributed by atoms with Crippen molar-refractivity contribution in [2.45, 2.75) is 51.9 Å². The molecule has 1 saturated heterocycles. The second-order valence-corrected chi connectivity index (χ2v) is 6.77. The molecule has 0 aromatic heterocycles. The minimum absolute atomic E-state index is 0.253. The highest BCUT2D eigenvalue weighted by Crippen LogP contribution is 2.49. The summed E-state index contributed by atoms with van der Waals surface area (Å²) in [6, 6.07) is -1.65. The highest BCUT2D eigenvalue weighted by atomic mass is 19.4. The maximum Gasteiger partial charge on any atom is 0.406 e. The van der Waals surface area contributed by atoms with E-state index in [1.807, 2.05) is 6.92 Å². The molecule has 1 amide bonds. The van der Waals surface area contributed by atoms with Gasteiger partial charge in [-0.2, -0.15) is 13.2 Å². The Morgan fingerprint density at radius 1 is 1.43 bits per heavy atom. The number of hydrogen-bond acceptors (Lipinski definition) is 2. The van der Waals surface area contributed by atoms with Crippen molar-refractivity contribution in [1.82, 2.24) is 4.90 Å². The molecule has 130 valence electrons. The van der Waals surface area contributed by atoms with Crippen molar-refractivity contribution in [2.75, 3.05) is 6.54 Å². The summed E-state index contributed by atoms with van der Waals surface area (Å²) >= 11 is 0. The lowest BCUT2D eigenvalue weighted by molar-refractivity contribution is -0.174. The van der Waals surface area contributed by atoms with Crippen LogP contribution < -0.4 is 5.73 Å². The Hall–Kier alpha value is -1.37. The Morgan fingerprint density at radius 3 is 2.61 bits per heavy atom. The summed E-state index contributed by atoms with van der Waals surface area (Å²) in [6.45, 7) is 3.76. The van der Waals surface area contributed by atoms with Crippen LogP contribution in [0, 0.1) is 11.3 Å². The average Bonchev–Trinajstić information content (AvgIpc) is 2.44. The molecule has 1 aliphatic heterocycles.